The van der Waals surface area contributed by atoms with E-state index in [9.17, 15) is 19.5 Å². The van der Waals surface area contributed by atoms with Gasteiger partial charge in [-0.3, -0.25) is 14.9 Å². The number of anilines is 1. The highest BCUT2D eigenvalue weighted by Gasteiger charge is 2.25. The number of hydrogen-bond donors (Lipinski definition) is 5. The average Bonchev–Trinajstić information content (AvgIpc) is 3.41. The van der Waals surface area contributed by atoms with Crippen LogP contribution < -0.4 is 26.0 Å². The summed E-state index contributed by atoms with van der Waals surface area (Å²) in [6.45, 7) is 2.24. The van der Waals surface area contributed by atoms with Crippen molar-refractivity contribution >= 4 is 61.6 Å². The highest BCUT2D eigenvalue weighted by atomic mass is 79.9. The first-order chi connectivity index (χ1) is 17.9. The van der Waals surface area contributed by atoms with Crippen molar-refractivity contribution in [2.24, 2.45) is 0 Å². The maximum atomic E-state index is 11.8. The van der Waals surface area contributed by atoms with E-state index in [-0.39, 0.29) is 29.5 Å². The second kappa shape index (κ2) is 11.1. The van der Waals surface area contributed by atoms with Gasteiger partial charge < -0.3 is 30.0 Å². The Morgan fingerprint density at radius 2 is 2.00 bits per heavy atom. The Bertz CT molecular complexity index is 1410. The molecule has 1 aromatic heterocycles. The molecule has 0 unspecified atom stereocenters. The van der Waals surface area contributed by atoms with Crippen molar-refractivity contribution in [1.29, 1.82) is 0 Å². The third kappa shape index (κ3) is 6.09. The molecular formula is C25H26BrN5O5S. The molecule has 3 heterocycles. The molecule has 3 aromatic rings. The second-order valence-corrected chi connectivity index (χ2v) is 10.8. The number of aliphatic hydroxyl groups is 1. The van der Waals surface area contributed by atoms with Gasteiger partial charge in [0.2, 0.25) is 0 Å². The molecular weight excluding hydrogens is 562 g/mol. The predicted octanol–water partition coefficient (Wildman–Crippen LogP) is 2.94. The number of hydrogen-bond acceptors (Lipinski definition) is 8. The quantitative estimate of drug-likeness (QED) is 0.253. The molecule has 0 saturated carbocycles. The summed E-state index contributed by atoms with van der Waals surface area (Å²) in [5, 5.41) is 15.8. The fourth-order valence-electron chi connectivity index (χ4n) is 4.47. The molecule has 0 bridgehead atoms. The Kier molecular flexibility index (Phi) is 7.70. The van der Waals surface area contributed by atoms with Gasteiger partial charge in [0.05, 0.1) is 16.1 Å². The zero-order valence-electron chi connectivity index (χ0n) is 19.8. The van der Waals surface area contributed by atoms with Gasteiger partial charge in [-0.15, -0.1) is 0 Å². The number of thioether (sulfide) groups is 1. The second-order valence-electron chi connectivity index (χ2n) is 8.96. The molecule has 2 aliphatic heterocycles. The molecule has 37 heavy (non-hydrogen) atoms. The van der Waals surface area contributed by atoms with Gasteiger partial charge >= 0.3 is 5.69 Å². The first-order valence-electron chi connectivity index (χ1n) is 11.9. The van der Waals surface area contributed by atoms with Crippen molar-refractivity contribution in [1.82, 2.24) is 20.6 Å². The van der Waals surface area contributed by atoms with Crippen LogP contribution >= 0.6 is 27.7 Å². The maximum Gasteiger partial charge on any atom is 0.323 e. The van der Waals surface area contributed by atoms with Gasteiger partial charge in [0.15, 0.2) is 0 Å². The van der Waals surface area contributed by atoms with Gasteiger partial charge in [-0.1, -0.05) is 12.1 Å². The number of benzene rings is 2. The molecule has 10 nitrogen and oxygen atoms in total. The molecule has 0 radical (unpaired) electrons. The van der Waals surface area contributed by atoms with Crippen LogP contribution in [0.3, 0.4) is 0 Å². The number of amides is 2. The van der Waals surface area contributed by atoms with Crippen molar-refractivity contribution in [3.8, 4) is 5.75 Å². The third-order valence-corrected chi connectivity index (χ3v) is 7.78. The molecule has 2 saturated heterocycles. The van der Waals surface area contributed by atoms with Crippen molar-refractivity contribution < 1.29 is 19.4 Å². The Hall–Kier alpha value is -3.06. The number of para-hydroxylation sites is 1. The third-order valence-electron chi connectivity index (χ3n) is 6.33. The Morgan fingerprint density at radius 1 is 1.19 bits per heavy atom. The summed E-state index contributed by atoms with van der Waals surface area (Å²) in [5.74, 6) is 0.158. The summed E-state index contributed by atoms with van der Waals surface area (Å²) >= 11 is 4.55. The van der Waals surface area contributed by atoms with Crippen molar-refractivity contribution in [3.63, 3.8) is 0 Å². The lowest BCUT2D eigenvalue weighted by molar-refractivity contribution is -0.115. The number of piperidine rings is 1. The van der Waals surface area contributed by atoms with Crippen LogP contribution in [-0.4, -0.2) is 64.6 Å². The van der Waals surface area contributed by atoms with E-state index in [1.54, 1.807) is 24.3 Å². The lowest BCUT2D eigenvalue weighted by Crippen LogP contribution is -2.45. The number of aromatic amines is 2. The Morgan fingerprint density at radius 3 is 2.73 bits per heavy atom. The smallest absolute Gasteiger partial charge is 0.323 e. The number of H-pyrrole nitrogens is 2. The van der Waals surface area contributed by atoms with E-state index in [1.165, 1.54) is 0 Å². The normalized spacial score (nSPS) is 18.5. The zero-order chi connectivity index (χ0) is 25.9. The number of ether oxygens (including phenoxy) is 1. The molecule has 2 aliphatic rings. The van der Waals surface area contributed by atoms with Gasteiger partial charge in [-0.2, -0.15) is 0 Å². The lowest BCUT2D eigenvalue weighted by Gasteiger charge is -2.35. The van der Waals surface area contributed by atoms with Crippen molar-refractivity contribution in [2.45, 2.75) is 25.0 Å². The summed E-state index contributed by atoms with van der Waals surface area (Å²) in [6.07, 6.45) is 2.87. The van der Waals surface area contributed by atoms with Crippen LogP contribution in [0, 0.1) is 0 Å². The van der Waals surface area contributed by atoms with E-state index < -0.39 is 6.10 Å². The Labute approximate surface area is 225 Å². The van der Waals surface area contributed by atoms with Crippen LogP contribution in [-0.2, 0) is 4.79 Å². The summed E-state index contributed by atoms with van der Waals surface area (Å²) in [4.78, 5) is 42.8. The van der Waals surface area contributed by atoms with Crippen LogP contribution in [0.1, 0.15) is 18.4 Å². The largest absolute Gasteiger partial charge is 0.489 e. The van der Waals surface area contributed by atoms with E-state index in [0.29, 0.717) is 28.2 Å². The van der Waals surface area contributed by atoms with Gasteiger partial charge in [0, 0.05) is 30.1 Å². The number of fused-ring (bicyclic) bond motifs is 1. The monoisotopic (exact) mass is 587 g/mol. The van der Waals surface area contributed by atoms with E-state index >= 15 is 0 Å². The number of imide groups is 1. The number of halogens is 1. The minimum atomic E-state index is -0.690. The van der Waals surface area contributed by atoms with E-state index in [0.717, 1.165) is 53.4 Å². The molecule has 194 valence electrons. The first-order valence-corrected chi connectivity index (χ1v) is 13.5. The molecule has 0 aliphatic carbocycles. The minimum absolute atomic E-state index is 0.113. The highest BCUT2D eigenvalue weighted by molar-refractivity contribution is 9.10. The summed E-state index contributed by atoms with van der Waals surface area (Å²) in [7, 11) is 0. The van der Waals surface area contributed by atoms with Crippen molar-refractivity contribution in [3.05, 3.63) is 61.8 Å². The molecule has 5 rings (SSSR count). The SMILES string of the molecule is O=C1NC(=O)/C(=C/c2ccc(N3CCC(NC[C@H](O)COc4cccc5[nH]c(=O)[nH]c45)CC3)c(Br)c2)S1. The van der Waals surface area contributed by atoms with E-state index in [2.05, 4.69) is 41.4 Å². The number of rotatable bonds is 8. The molecule has 5 N–H and O–H groups in total. The highest BCUT2D eigenvalue weighted by Crippen LogP contribution is 2.32. The van der Waals surface area contributed by atoms with Gasteiger partial charge in [-0.05, 0) is 76.4 Å². The molecule has 1 atom stereocenters. The first kappa shape index (κ1) is 25.6. The number of aromatic nitrogens is 2. The van der Waals surface area contributed by atoms with Crippen LogP contribution in [0.5, 0.6) is 5.75 Å². The van der Waals surface area contributed by atoms with E-state index in [4.69, 9.17) is 4.74 Å². The Balaban J connectivity index is 1.09. The summed E-state index contributed by atoms with van der Waals surface area (Å²) in [5.41, 5.74) is 2.88. The van der Waals surface area contributed by atoms with Crippen molar-refractivity contribution in [2.75, 3.05) is 31.1 Å². The molecule has 0 spiro atoms. The topological polar surface area (TPSA) is 140 Å². The van der Waals surface area contributed by atoms with Gasteiger partial charge in [0.1, 0.15) is 24.0 Å². The maximum absolute atomic E-state index is 11.8. The average molecular weight is 588 g/mol. The number of carbonyl (C=O) groups is 2. The van der Waals surface area contributed by atoms with Crippen LogP contribution in [0.25, 0.3) is 17.1 Å². The number of nitrogens with zero attached hydrogens (tertiary/aromatic N) is 1. The number of aliphatic hydroxyl groups excluding tert-OH is 1. The lowest BCUT2D eigenvalue weighted by atomic mass is 10.0. The fraction of sp³-hybridized carbons (Fsp3) is 0.320. The molecule has 2 amide bonds. The minimum Gasteiger partial charge on any atom is -0.489 e. The summed E-state index contributed by atoms with van der Waals surface area (Å²) in [6, 6.07) is 11.5. The van der Waals surface area contributed by atoms with E-state index in [1.807, 2.05) is 18.2 Å². The molecule has 12 heteroatoms. The number of imidazole rings is 1. The van der Waals surface area contributed by atoms with Crippen LogP contribution in [0.2, 0.25) is 0 Å². The fourth-order valence-corrected chi connectivity index (χ4v) is 5.79. The van der Waals surface area contributed by atoms with Gasteiger partial charge in [-0.25, -0.2) is 4.79 Å². The number of nitrogens with one attached hydrogen (secondary N) is 4. The van der Waals surface area contributed by atoms with Crippen LogP contribution in [0.4, 0.5) is 10.5 Å². The van der Waals surface area contributed by atoms with Crippen LogP contribution in [0.15, 0.2) is 50.6 Å². The number of carbonyl (C=O) groups excluding carboxylic acids is 2. The predicted molar refractivity (Wildman–Crippen MR) is 147 cm³/mol. The summed E-state index contributed by atoms with van der Waals surface area (Å²) < 4.78 is 6.67. The van der Waals surface area contributed by atoms with Gasteiger partial charge in [0.25, 0.3) is 11.1 Å². The zero-order valence-corrected chi connectivity index (χ0v) is 22.2. The standard InChI is InChI=1S/C25H26BrN5O5S/c26-17-10-14(11-21-23(33)30-25(35)37-21)4-5-19(17)31-8-6-15(7-9-31)27-12-16(32)13-36-20-3-1-2-18-22(20)29-24(34)28-18/h1-5,10-11,15-16,27,32H,6-9,12-13H2,(H2,28,29,34)(H,30,33,35)/b21-11-/t16-/m0/s1. The molecule has 2 fully saturated rings. The molecule has 2 aromatic carbocycles.